The van der Waals surface area contributed by atoms with Crippen LogP contribution in [-0.2, 0) is 0 Å². The molecule has 0 saturated carbocycles. The molecule has 3 aromatic carbocycles. The summed E-state index contributed by atoms with van der Waals surface area (Å²) in [5.41, 5.74) is 3.81. The van der Waals surface area contributed by atoms with Gasteiger partial charge in [0.25, 0.3) is 0 Å². The van der Waals surface area contributed by atoms with Gasteiger partial charge in [-0.25, -0.2) is 0 Å². The summed E-state index contributed by atoms with van der Waals surface area (Å²) < 4.78 is 6.27. The van der Waals surface area contributed by atoms with E-state index in [-0.39, 0.29) is 12.3 Å². The van der Waals surface area contributed by atoms with Crippen LogP contribution in [0, 0.1) is 12.8 Å². The second-order valence-electron chi connectivity index (χ2n) is 6.99. The molecule has 0 bridgehead atoms. The van der Waals surface area contributed by atoms with Gasteiger partial charge in [-0.2, -0.15) is 0 Å². The Balaban J connectivity index is 1.92. The van der Waals surface area contributed by atoms with E-state index < -0.39 is 0 Å². The minimum absolute atomic E-state index is 0.0185. The normalized spacial score (nSPS) is 20.0. The van der Waals surface area contributed by atoms with Gasteiger partial charge < -0.3 is 4.74 Å². The molecular weight excluding hydrogens is 294 g/mol. The standard InChI is InChI=1S/C22H23NO/c1-14(2)22-23-21(17-10-8-15(3)9-11-17)20-18-7-5-4-6-16(18)12-13-19(20)24-22/h4-14,21-23H,1-3H3/t21-,22+/m0/s1. The van der Waals surface area contributed by atoms with Gasteiger partial charge in [-0.3, -0.25) is 5.32 Å². The summed E-state index contributed by atoms with van der Waals surface area (Å²) in [4.78, 5) is 0. The largest absolute Gasteiger partial charge is 0.475 e. The smallest absolute Gasteiger partial charge is 0.153 e. The van der Waals surface area contributed by atoms with E-state index in [1.54, 1.807) is 0 Å². The molecule has 122 valence electrons. The maximum atomic E-state index is 6.27. The second-order valence-corrected chi connectivity index (χ2v) is 6.99. The highest BCUT2D eigenvalue weighted by Gasteiger charge is 2.31. The zero-order valence-electron chi connectivity index (χ0n) is 14.4. The first kappa shape index (κ1) is 15.2. The molecule has 0 aliphatic carbocycles. The fourth-order valence-electron chi connectivity index (χ4n) is 3.44. The van der Waals surface area contributed by atoms with Crippen LogP contribution < -0.4 is 10.1 Å². The maximum absolute atomic E-state index is 6.27. The number of ether oxygens (including phenoxy) is 1. The van der Waals surface area contributed by atoms with E-state index in [9.17, 15) is 0 Å². The lowest BCUT2D eigenvalue weighted by Crippen LogP contribution is -2.45. The van der Waals surface area contributed by atoms with Crippen molar-refractivity contribution in [1.29, 1.82) is 0 Å². The van der Waals surface area contributed by atoms with E-state index in [1.165, 1.54) is 27.5 Å². The molecule has 0 spiro atoms. The van der Waals surface area contributed by atoms with Crippen LogP contribution in [-0.4, -0.2) is 6.23 Å². The maximum Gasteiger partial charge on any atom is 0.153 e. The van der Waals surface area contributed by atoms with Crippen molar-refractivity contribution in [3.8, 4) is 5.75 Å². The van der Waals surface area contributed by atoms with E-state index in [2.05, 4.69) is 86.8 Å². The molecule has 2 nitrogen and oxygen atoms in total. The average molecular weight is 317 g/mol. The molecule has 0 radical (unpaired) electrons. The van der Waals surface area contributed by atoms with Crippen LogP contribution >= 0.6 is 0 Å². The van der Waals surface area contributed by atoms with Gasteiger partial charge in [-0.15, -0.1) is 0 Å². The Morgan fingerprint density at radius 2 is 1.67 bits per heavy atom. The molecule has 2 heteroatoms. The molecule has 1 heterocycles. The van der Waals surface area contributed by atoms with Crippen molar-refractivity contribution in [1.82, 2.24) is 5.32 Å². The Labute approximate surface area is 143 Å². The minimum Gasteiger partial charge on any atom is -0.475 e. The Bertz CT molecular complexity index is 867. The van der Waals surface area contributed by atoms with Crippen LogP contribution in [0.3, 0.4) is 0 Å². The van der Waals surface area contributed by atoms with Gasteiger partial charge in [0.1, 0.15) is 5.75 Å². The van der Waals surface area contributed by atoms with E-state index in [0.717, 1.165) is 5.75 Å². The van der Waals surface area contributed by atoms with Gasteiger partial charge >= 0.3 is 0 Å². The second kappa shape index (κ2) is 5.95. The van der Waals surface area contributed by atoms with Crippen molar-refractivity contribution in [3.63, 3.8) is 0 Å². The predicted molar refractivity (Wildman–Crippen MR) is 99.4 cm³/mol. The molecule has 0 amide bonds. The number of fused-ring (bicyclic) bond motifs is 3. The summed E-state index contributed by atoms with van der Waals surface area (Å²) in [7, 11) is 0. The fraction of sp³-hybridized carbons (Fsp3) is 0.273. The van der Waals surface area contributed by atoms with Crippen molar-refractivity contribution < 1.29 is 4.74 Å². The molecule has 1 N–H and O–H groups in total. The third-order valence-electron chi connectivity index (χ3n) is 4.82. The number of hydrogen-bond donors (Lipinski definition) is 1. The predicted octanol–water partition coefficient (Wildman–Crippen LogP) is 5.20. The Hall–Kier alpha value is -2.32. The first-order chi connectivity index (χ1) is 11.6. The molecule has 1 aliphatic heterocycles. The number of benzene rings is 3. The third kappa shape index (κ3) is 2.57. The zero-order chi connectivity index (χ0) is 16.7. The molecule has 0 saturated heterocycles. The molecule has 2 atom stereocenters. The third-order valence-corrected chi connectivity index (χ3v) is 4.82. The molecule has 24 heavy (non-hydrogen) atoms. The Morgan fingerprint density at radius 1 is 0.917 bits per heavy atom. The highest BCUT2D eigenvalue weighted by molar-refractivity contribution is 5.89. The average Bonchev–Trinajstić information content (AvgIpc) is 2.61. The molecule has 0 fully saturated rings. The van der Waals surface area contributed by atoms with Crippen LogP contribution in [0.5, 0.6) is 5.75 Å². The topological polar surface area (TPSA) is 21.3 Å². The fourth-order valence-corrected chi connectivity index (χ4v) is 3.44. The molecular formula is C22H23NO. The van der Waals surface area contributed by atoms with Crippen LogP contribution in [0.1, 0.15) is 36.6 Å². The van der Waals surface area contributed by atoms with Crippen LogP contribution in [0.25, 0.3) is 10.8 Å². The van der Waals surface area contributed by atoms with E-state index in [1.807, 2.05) is 0 Å². The van der Waals surface area contributed by atoms with Crippen molar-refractivity contribution >= 4 is 10.8 Å². The van der Waals surface area contributed by atoms with Gasteiger partial charge in [0.15, 0.2) is 6.23 Å². The van der Waals surface area contributed by atoms with Crippen LogP contribution in [0.4, 0.5) is 0 Å². The van der Waals surface area contributed by atoms with Crippen molar-refractivity contribution in [2.75, 3.05) is 0 Å². The summed E-state index contributed by atoms with van der Waals surface area (Å²) in [6, 6.07) is 21.8. The Morgan fingerprint density at radius 3 is 2.42 bits per heavy atom. The molecule has 0 aromatic heterocycles. The SMILES string of the molecule is Cc1ccc([C@@H]2N[C@@H](C(C)C)Oc3ccc4ccccc4c32)cc1. The molecule has 4 rings (SSSR count). The number of rotatable bonds is 2. The molecule has 1 aliphatic rings. The van der Waals surface area contributed by atoms with Gasteiger partial charge in [0, 0.05) is 11.5 Å². The van der Waals surface area contributed by atoms with E-state index >= 15 is 0 Å². The van der Waals surface area contributed by atoms with Crippen molar-refractivity contribution in [3.05, 3.63) is 77.4 Å². The summed E-state index contributed by atoms with van der Waals surface area (Å²) >= 11 is 0. The highest BCUT2D eigenvalue weighted by atomic mass is 16.5. The lowest BCUT2D eigenvalue weighted by Gasteiger charge is -2.36. The highest BCUT2D eigenvalue weighted by Crippen LogP contribution is 2.40. The van der Waals surface area contributed by atoms with E-state index in [4.69, 9.17) is 4.74 Å². The summed E-state index contributed by atoms with van der Waals surface area (Å²) in [5.74, 6) is 1.40. The number of nitrogens with one attached hydrogen (secondary N) is 1. The Kier molecular flexibility index (Phi) is 3.78. The summed E-state index contributed by atoms with van der Waals surface area (Å²) in [5, 5.41) is 6.23. The van der Waals surface area contributed by atoms with Gasteiger partial charge in [-0.05, 0) is 29.3 Å². The van der Waals surface area contributed by atoms with Crippen molar-refractivity contribution in [2.24, 2.45) is 5.92 Å². The quantitative estimate of drug-likeness (QED) is 0.701. The first-order valence-electron chi connectivity index (χ1n) is 8.64. The van der Waals surface area contributed by atoms with Crippen LogP contribution in [0.2, 0.25) is 0 Å². The number of hydrogen-bond acceptors (Lipinski definition) is 2. The zero-order valence-corrected chi connectivity index (χ0v) is 14.4. The monoisotopic (exact) mass is 317 g/mol. The lowest BCUT2D eigenvalue weighted by molar-refractivity contribution is 0.0891. The first-order valence-corrected chi connectivity index (χ1v) is 8.64. The van der Waals surface area contributed by atoms with Gasteiger partial charge in [0.2, 0.25) is 0 Å². The van der Waals surface area contributed by atoms with Crippen molar-refractivity contribution in [2.45, 2.75) is 33.0 Å². The van der Waals surface area contributed by atoms with Gasteiger partial charge in [-0.1, -0.05) is 74.0 Å². The molecule has 3 aromatic rings. The lowest BCUT2D eigenvalue weighted by atomic mass is 9.90. The van der Waals surface area contributed by atoms with Crippen LogP contribution in [0.15, 0.2) is 60.7 Å². The molecule has 0 unspecified atom stereocenters. The van der Waals surface area contributed by atoms with E-state index in [0.29, 0.717) is 5.92 Å². The summed E-state index contributed by atoms with van der Waals surface area (Å²) in [6.45, 7) is 6.51. The summed E-state index contributed by atoms with van der Waals surface area (Å²) in [6.07, 6.45) is 0.0185. The number of aryl methyl sites for hydroxylation is 1. The minimum atomic E-state index is 0.0185. The van der Waals surface area contributed by atoms with Gasteiger partial charge in [0.05, 0.1) is 6.04 Å².